The summed E-state index contributed by atoms with van der Waals surface area (Å²) in [6, 6.07) is 0.729. The highest BCUT2D eigenvalue weighted by molar-refractivity contribution is 9.10. The fraction of sp³-hybridized carbons (Fsp3) is 0.250. The molecule has 1 aromatic heterocycles. The zero-order valence-electron chi connectivity index (χ0n) is 7.02. The van der Waals surface area contributed by atoms with Gasteiger partial charge in [-0.2, -0.15) is 13.2 Å². The van der Waals surface area contributed by atoms with Crippen molar-refractivity contribution in [2.24, 2.45) is 0 Å². The fourth-order valence-corrected chi connectivity index (χ4v) is 1.36. The third-order valence-corrected chi connectivity index (χ3v) is 2.16. The summed E-state index contributed by atoms with van der Waals surface area (Å²) in [6.07, 6.45) is -3.55. The van der Waals surface area contributed by atoms with Crippen molar-refractivity contribution in [3.05, 3.63) is 28.0 Å². The van der Waals surface area contributed by atoms with E-state index in [4.69, 9.17) is 0 Å². The number of hydrogen-bond acceptors (Lipinski definition) is 2. The zero-order chi connectivity index (χ0) is 10.9. The summed E-state index contributed by atoms with van der Waals surface area (Å²) in [5.41, 5.74) is -1.08. The Morgan fingerprint density at radius 2 is 2.07 bits per heavy atom. The number of aromatic nitrogens is 1. The second-order valence-corrected chi connectivity index (χ2v) is 3.46. The van der Waals surface area contributed by atoms with E-state index in [1.165, 1.54) is 6.92 Å². The average molecular weight is 268 g/mol. The first-order chi connectivity index (χ1) is 6.32. The number of carbonyl (C=O) groups is 1. The molecule has 0 bridgehead atoms. The summed E-state index contributed by atoms with van der Waals surface area (Å²) in [4.78, 5) is 14.1. The van der Waals surface area contributed by atoms with Crippen LogP contribution in [0.25, 0.3) is 0 Å². The normalized spacial score (nSPS) is 11.5. The van der Waals surface area contributed by atoms with Gasteiger partial charge in [-0.15, -0.1) is 0 Å². The highest BCUT2D eigenvalue weighted by atomic mass is 79.9. The van der Waals surface area contributed by atoms with Gasteiger partial charge in [-0.1, -0.05) is 0 Å². The van der Waals surface area contributed by atoms with Crippen LogP contribution in [0, 0.1) is 0 Å². The lowest BCUT2D eigenvalue weighted by Crippen LogP contribution is -2.09. The van der Waals surface area contributed by atoms with Crippen molar-refractivity contribution in [3.8, 4) is 0 Å². The molecule has 0 unspecified atom stereocenters. The molecular formula is C8H5BrF3NO. The molecule has 0 N–H and O–H groups in total. The Kier molecular flexibility index (Phi) is 2.94. The molecule has 0 aliphatic rings. The Morgan fingerprint density at radius 1 is 1.50 bits per heavy atom. The maximum Gasteiger partial charge on any atom is 0.433 e. The van der Waals surface area contributed by atoms with Gasteiger partial charge in [-0.3, -0.25) is 9.78 Å². The predicted molar refractivity (Wildman–Crippen MR) is 46.9 cm³/mol. The third-order valence-electron chi connectivity index (χ3n) is 1.53. The van der Waals surface area contributed by atoms with E-state index < -0.39 is 17.7 Å². The molecule has 0 saturated carbocycles. The maximum atomic E-state index is 12.2. The van der Waals surface area contributed by atoms with E-state index in [1.54, 1.807) is 0 Å². The van der Waals surface area contributed by atoms with Crippen molar-refractivity contribution in [3.63, 3.8) is 0 Å². The van der Waals surface area contributed by atoms with Gasteiger partial charge < -0.3 is 0 Å². The lowest BCUT2D eigenvalue weighted by molar-refractivity contribution is -0.141. The van der Waals surface area contributed by atoms with E-state index in [1.807, 2.05) is 0 Å². The summed E-state index contributed by atoms with van der Waals surface area (Å²) < 4.78 is 36.8. The molecule has 6 heteroatoms. The quantitative estimate of drug-likeness (QED) is 0.732. The van der Waals surface area contributed by atoms with Gasteiger partial charge in [0.1, 0.15) is 5.69 Å². The van der Waals surface area contributed by atoms with Crippen LogP contribution in [0.3, 0.4) is 0 Å². The molecule has 76 valence electrons. The minimum atomic E-state index is -4.52. The van der Waals surface area contributed by atoms with E-state index >= 15 is 0 Å². The molecule has 0 amide bonds. The van der Waals surface area contributed by atoms with E-state index in [0.29, 0.717) is 0 Å². The van der Waals surface area contributed by atoms with Gasteiger partial charge in [0, 0.05) is 16.2 Å². The second-order valence-electron chi connectivity index (χ2n) is 2.60. The molecule has 1 heterocycles. The number of hydrogen-bond donors (Lipinski definition) is 0. The molecule has 2 nitrogen and oxygen atoms in total. The molecule has 0 aromatic carbocycles. The Bertz CT molecular complexity index is 375. The molecule has 0 spiro atoms. The van der Waals surface area contributed by atoms with Gasteiger partial charge in [-0.25, -0.2) is 0 Å². The molecule has 1 rings (SSSR count). The molecule has 14 heavy (non-hydrogen) atoms. The van der Waals surface area contributed by atoms with Gasteiger partial charge in [0.05, 0.1) is 0 Å². The van der Waals surface area contributed by atoms with Gasteiger partial charge in [-0.05, 0) is 28.9 Å². The first kappa shape index (κ1) is 11.2. The number of carbonyl (C=O) groups excluding carboxylic acids is 1. The van der Waals surface area contributed by atoms with E-state index in [-0.39, 0.29) is 10.0 Å². The van der Waals surface area contributed by atoms with Crippen LogP contribution < -0.4 is 0 Å². The van der Waals surface area contributed by atoms with Crippen molar-refractivity contribution in [2.75, 3.05) is 0 Å². The number of alkyl halides is 3. The van der Waals surface area contributed by atoms with Crippen LogP contribution in [0.4, 0.5) is 13.2 Å². The smallest absolute Gasteiger partial charge is 0.294 e. The van der Waals surface area contributed by atoms with Crippen LogP contribution in [-0.2, 0) is 6.18 Å². The van der Waals surface area contributed by atoms with Crippen molar-refractivity contribution >= 4 is 21.7 Å². The first-order valence-electron chi connectivity index (χ1n) is 3.56. The summed E-state index contributed by atoms with van der Waals surface area (Å²) in [6.45, 7) is 1.19. The molecular weight excluding hydrogens is 263 g/mol. The molecule has 0 saturated heterocycles. The van der Waals surface area contributed by atoms with E-state index in [2.05, 4.69) is 20.9 Å². The van der Waals surface area contributed by atoms with Gasteiger partial charge in [0.15, 0.2) is 5.78 Å². The summed E-state index contributed by atoms with van der Waals surface area (Å²) in [7, 11) is 0. The highest BCUT2D eigenvalue weighted by Crippen LogP contribution is 2.29. The molecule has 0 radical (unpaired) electrons. The predicted octanol–water partition coefficient (Wildman–Crippen LogP) is 3.07. The number of halogens is 4. The standard InChI is InChI=1S/C8H5BrF3NO/c1-4(14)5-2-7(8(10,11)12)13-3-6(5)9/h2-3H,1H3. The Labute approximate surface area is 86.3 Å². The number of Topliss-reactive ketones (excluding diaryl/α,β-unsaturated/α-hetero) is 1. The lowest BCUT2D eigenvalue weighted by atomic mass is 10.1. The van der Waals surface area contributed by atoms with E-state index in [9.17, 15) is 18.0 Å². The van der Waals surface area contributed by atoms with Crippen molar-refractivity contribution in [1.82, 2.24) is 4.98 Å². The summed E-state index contributed by atoms with van der Waals surface area (Å²) >= 11 is 2.95. The topological polar surface area (TPSA) is 30.0 Å². The van der Waals surface area contributed by atoms with Crippen LogP contribution in [0.2, 0.25) is 0 Å². The maximum absolute atomic E-state index is 12.2. The molecule has 0 aliphatic heterocycles. The van der Waals surface area contributed by atoms with Crippen LogP contribution >= 0.6 is 15.9 Å². The SMILES string of the molecule is CC(=O)c1cc(C(F)(F)F)ncc1Br. The number of ketones is 1. The number of nitrogens with zero attached hydrogens (tertiary/aromatic N) is 1. The molecule has 0 atom stereocenters. The largest absolute Gasteiger partial charge is 0.433 e. The van der Waals surface area contributed by atoms with Gasteiger partial charge >= 0.3 is 6.18 Å². The Morgan fingerprint density at radius 3 is 2.50 bits per heavy atom. The number of pyridine rings is 1. The van der Waals surface area contributed by atoms with Gasteiger partial charge in [0.25, 0.3) is 0 Å². The van der Waals surface area contributed by atoms with Crippen molar-refractivity contribution < 1.29 is 18.0 Å². The molecule has 0 fully saturated rings. The highest BCUT2D eigenvalue weighted by Gasteiger charge is 2.33. The second kappa shape index (κ2) is 3.68. The Balaban J connectivity index is 3.27. The fourth-order valence-electron chi connectivity index (χ4n) is 0.864. The minimum Gasteiger partial charge on any atom is -0.294 e. The van der Waals surface area contributed by atoms with Crippen LogP contribution in [0.15, 0.2) is 16.7 Å². The van der Waals surface area contributed by atoms with Gasteiger partial charge in [0.2, 0.25) is 0 Å². The lowest BCUT2D eigenvalue weighted by Gasteiger charge is -2.07. The summed E-state index contributed by atoms with van der Waals surface area (Å²) in [5, 5.41) is 0. The first-order valence-corrected chi connectivity index (χ1v) is 4.35. The zero-order valence-corrected chi connectivity index (χ0v) is 8.61. The van der Waals surface area contributed by atoms with Crippen LogP contribution in [0.5, 0.6) is 0 Å². The number of rotatable bonds is 1. The average Bonchev–Trinajstić information content (AvgIpc) is 2.02. The third kappa shape index (κ3) is 2.31. The molecule has 0 aliphatic carbocycles. The molecule has 1 aromatic rings. The van der Waals surface area contributed by atoms with E-state index in [0.717, 1.165) is 12.3 Å². The monoisotopic (exact) mass is 267 g/mol. The Hall–Kier alpha value is -0.910. The van der Waals surface area contributed by atoms with Crippen LogP contribution in [0.1, 0.15) is 23.0 Å². The van der Waals surface area contributed by atoms with Crippen molar-refractivity contribution in [1.29, 1.82) is 0 Å². The minimum absolute atomic E-state index is 0.0210. The van der Waals surface area contributed by atoms with Crippen molar-refractivity contribution in [2.45, 2.75) is 13.1 Å². The van der Waals surface area contributed by atoms with Crippen LogP contribution in [-0.4, -0.2) is 10.8 Å². The summed E-state index contributed by atoms with van der Waals surface area (Å²) in [5.74, 6) is -0.440.